The lowest BCUT2D eigenvalue weighted by Crippen LogP contribution is -2.38. The molecule has 104 valence electrons. The summed E-state index contributed by atoms with van der Waals surface area (Å²) in [5.41, 5.74) is 0. The van der Waals surface area contributed by atoms with Crippen LogP contribution in [0.15, 0.2) is 12.7 Å². The average Bonchev–Trinajstić information content (AvgIpc) is 2.31. The first kappa shape index (κ1) is 16.6. The summed E-state index contributed by atoms with van der Waals surface area (Å²) in [6.45, 7) is 8.96. The van der Waals surface area contributed by atoms with Crippen molar-refractivity contribution in [3.63, 3.8) is 0 Å². The van der Waals surface area contributed by atoms with Crippen molar-refractivity contribution in [1.29, 1.82) is 0 Å². The normalized spacial score (nSPS) is 13.8. The Labute approximate surface area is 108 Å². The third-order valence-electron chi connectivity index (χ3n) is 2.15. The Bertz CT molecular complexity index is 285. The number of esters is 2. The summed E-state index contributed by atoms with van der Waals surface area (Å²) in [5.74, 6) is -2.38. The SMILES string of the molecule is C=CCC(C(=O)OCCC)C(O)C(=O)OC(C)C. The van der Waals surface area contributed by atoms with Gasteiger partial charge in [-0.1, -0.05) is 13.0 Å². The van der Waals surface area contributed by atoms with Gasteiger partial charge in [0.2, 0.25) is 0 Å². The number of aliphatic hydroxyl groups excluding tert-OH is 1. The zero-order valence-electron chi connectivity index (χ0n) is 11.2. The van der Waals surface area contributed by atoms with Crippen molar-refractivity contribution in [2.24, 2.45) is 5.92 Å². The van der Waals surface area contributed by atoms with E-state index in [1.807, 2.05) is 6.92 Å². The van der Waals surface area contributed by atoms with Crippen molar-refractivity contribution in [2.45, 2.75) is 45.8 Å². The number of hydrogen-bond donors (Lipinski definition) is 1. The molecule has 5 nitrogen and oxygen atoms in total. The van der Waals surface area contributed by atoms with E-state index in [1.54, 1.807) is 13.8 Å². The first-order chi connectivity index (χ1) is 8.43. The molecule has 0 radical (unpaired) electrons. The summed E-state index contributed by atoms with van der Waals surface area (Å²) in [7, 11) is 0. The van der Waals surface area contributed by atoms with Crippen LogP contribution in [0.5, 0.6) is 0 Å². The van der Waals surface area contributed by atoms with Crippen LogP contribution in [0.4, 0.5) is 0 Å². The summed E-state index contributed by atoms with van der Waals surface area (Å²) in [4.78, 5) is 23.2. The quantitative estimate of drug-likeness (QED) is 0.527. The van der Waals surface area contributed by atoms with E-state index in [4.69, 9.17) is 9.47 Å². The Balaban J connectivity index is 4.60. The first-order valence-corrected chi connectivity index (χ1v) is 6.10. The lowest BCUT2D eigenvalue weighted by atomic mass is 9.98. The minimum absolute atomic E-state index is 0.164. The van der Waals surface area contributed by atoms with Crippen LogP contribution < -0.4 is 0 Å². The lowest BCUT2D eigenvalue weighted by Gasteiger charge is -2.20. The summed E-state index contributed by atoms with van der Waals surface area (Å²) in [6.07, 6.45) is 0.442. The van der Waals surface area contributed by atoms with Crippen molar-refractivity contribution >= 4 is 11.9 Å². The molecule has 0 saturated heterocycles. The van der Waals surface area contributed by atoms with Gasteiger partial charge in [-0.25, -0.2) is 4.79 Å². The van der Waals surface area contributed by atoms with Crippen LogP contribution in [0.1, 0.15) is 33.6 Å². The van der Waals surface area contributed by atoms with Gasteiger partial charge in [0.15, 0.2) is 6.10 Å². The van der Waals surface area contributed by atoms with Crippen LogP contribution in [0.2, 0.25) is 0 Å². The van der Waals surface area contributed by atoms with Crippen molar-refractivity contribution < 1.29 is 24.2 Å². The maximum atomic E-state index is 11.7. The Kier molecular flexibility index (Phi) is 8.03. The minimum atomic E-state index is -1.52. The van der Waals surface area contributed by atoms with E-state index < -0.39 is 24.0 Å². The molecule has 0 rings (SSSR count). The predicted octanol–water partition coefficient (Wildman–Crippen LogP) is 1.44. The van der Waals surface area contributed by atoms with Gasteiger partial charge in [-0.2, -0.15) is 0 Å². The number of hydrogen-bond acceptors (Lipinski definition) is 5. The molecule has 0 amide bonds. The fourth-order valence-corrected chi connectivity index (χ4v) is 1.31. The molecule has 5 heteroatoms. The summed E-state index contributed by atoms with van der Waals surface area (Å²) >= 11 is 0. The van der Waals surface area contributed by atoms with Crippen LogP contribution in [-0.2, 0) is 19.1 Å². The molecule has 0 saturated carbocycles. The number of allylic oxidation sites excluding steroid dienone is 1. The highest BCUT2D eigenvalue weighted by molar-refractivity contribution is 5.83. The number of aliphatic hydroxyl groups is 1. The third-order valence-corrected chi connectivity index (χ3v) is 2.15. The molecule has 0 aliphatic rings. The molecule has 18 heavy (non-hydrogen) atoms. The molecule has 0 aliphatic heterocycles. The Morgan fingerprint density at radius 2 is 1.94 bits per heavy atom. The van der Waals surface area contributed by atoms with Crippen LogP contribution >= 0.6 is 0 Å². The molecule has 0 aromatic heterocycles. The molecule has 0 heterocycles. The second-order valence-electron chi connectivity index (χ2n) is 4.23. The van der Waals surface area contributed by atoms with Gasteiger partial charge in [0, 0.05) is 0 Å². The number of ether oxygens (including phenoxy) is 2. The summed E-state index contributed by atoms with van der Waals surface area (Å²) < 4.78 is 9.79. The third kappa shape index (κ3) is 5.82. The van der Waals surface area contributed by atoms with Gasteiger partial charge in [-0.3, -0.25) is 4.79 Å². The molecule has 1 N–H and O–H groups in total. The van der Waals surface area contributed by atoms with Gasteiger partial charge in [0.05, 0.1) is 18.6 Å². The fourth-order valence-electron chi connectivity index (χ4n) is 1.31. The van der Waals surface area contributed by atoms with E-state index in [1.165, 1.54) is 6.08 Å². The molecule has 0 bridgehead atoms. The molecule has 2 atom stereocenters. The molecule has 0 fully saturated rings. The fraction of sp³-hybridized carbons (Fsp3) is 0.692. The maximum absolute atomic E-state index is 11.7. The summed E-state index contributed by atoms with van der Waals surface area (Å²) in [6, 6.07) is 0. The van der Waals surface area contributed by atoms with E-state index in [9.17, 15) is 14.7 Å². The van der Waals surface area contributed by atoms with Crippen molar-refractivity contribution in [3.8, 4) is 0 Å². The molecular weight excluding hydrogens is 236 g/mol. The average molecular weight is 258 g/mol. The van der Waals surface area contributed by atoms with Crippen LogP contribution in [0, 0.1) is 5.92 Å². The largest absolute Gasteiger partial charge is 0.465 e. The second-order valence-corrected chi connectivity index (χ2v) is 4.23. The van der Waals surface area contributed by atoms with Gasteiger partial charge >= 0.3 is 11.9 Å². The van der Waals surface area contributed by atoms with Gasteiger partial charge in [0.1, 0.15) is 0 Å². The van der Waals surface area contributed by atoms with Crippen LogP contribution in [0.25, 0.3) is 0 Å². The molecule has 0 spiro atoms. The van der Waals surface area contributed by atoms with Gasteiger partial charge in [-0.05, 0) is 26.7 Å². The van der Waals surface area contributed by atoms with Gasteiger partial charge in [0.25, 0.3) is 0 Å². The van der Waals surface area contributed by atoms with E-state index in [0.717, 1.165) is 0 Å². The molecule has 0 aliphatic carbocycles. The van der Waals surface area contributed by atoms with Crippen LogP contribution in [0.3, 0.4) is 0 Å². The number of carbonyl (C=O) groups is 2. The van der Waals surface area contributed by atoms with Crippen molar-refractivity contribution in [1.82, 2.24) is 0 Å². The highest BCUT2D eigenvalue weighted by atomic mass is 16.6. The van der Waals surface area contributed by atoms with Crippen LogP contribution in [-0.4, -0.2) is 35.9 Å². The molecule has 2 unspecified atom stereocenters. The molecular formula is C13H22O5. The van der Waals surface area contributed by atoms with Crippen molar-refractivity contribution in [3.05, 3.63) is 12.7 Å². The lowest BCUT2D eigenvalue weighted by molar-refractivity contribution is -0.169. The van der Waals surface area contributed by atoms with E-state index in [-0.39, 0.29) is 19.1 Å². The Morgan fingerprint density at radius 1 is 1.33 bits per heavy atom. The maximum Gasteiger partial charge on any atom is 0.336 e. The van der Waals surface area contributed by atoms with Gasteiger partial charge < -0.3 is 14.6 Å². The standard InChI is InChI=1S/C13H22O5/c1-5-7-10(12(15)17-8-6-2)11(14)13(16)18-9(3)4/h5,9-11,14H,1,6-8H2,2-4H3. The minimum Gasteiger partial charge on any atom is -0.465 e. The Hall–Kier alpha value is -1.36. The highest BCUT2D eigenvalue weighted by Gasteiger charge is 2.33. The second kappa shape index (κ2) is 8.69. The van der Waals surface area contributed by atoms with E-state index in [2.05, 4.69) is 6.58 Å². The zero-order valence-corrected chi connectivity index (χ0v) is 11.2. The molecule has 0 aromatic rings. The first-order valence-electron chi connectivity index (χ1n) is 6.10. The highest BCUT2D eigenvalue weighted by Crippen LogP contribution is 2.14. The zero-order chi connectivity index (χ0) is 14.1. The summed E-state index contributed by atoms with van der Waals surface area (Å²) in [5, 5.41) is 9.80. The van der Waals surface area contributed by atoms with E-state index in [0.29, 0.717) is 6.42 Å². The van der Waals surface area contributed by atoms with Gasteiger partial charge in [-0.15, -0.1) is 6.58 Å². The molecule has 0 aromatic carbocycles. The topological polar surface area (TPSA) is 72.8 Å². The van der Waals surface area contributed by atoms with Crippen molar-refractivity contribution in [2.75, 3.05) is 6.61 Å². The van der Waals surface area contributed by atoms with E-state index >= 15 is 0 Å². The predicted molar refractivity (Wildman–Crippen MR) is 66.8 cm³/mol. The number of rotatable bonds is 8. The monoisotopic (exact) mass is 258 g/mol. The smallest absolute Gasteiger partial charge is 0.336 e. The Morgan fingerprint density at radius 3 is 2.39 bits per heavy atom. The number of carbonyl (C=O) groups excluding carboxylic acids is 2.